The predicted molar refractivity (Wildman–Crippen MR) is 70.8 cm³/mol. The molecule has 1 rings (SSSR count). The van der Waals surface area contributed by atoms with Crippen LogP contribution in [0.4, 0.5) is 0 Å². The van der Waals surface area contributed by atoms with Gasteiger partial charge in [-0.05, 0) is 11.6 Å². The molecule has 0 radical (unpaired) electrons. The Morgan fingerprint density at radius 2 is 1.50 bits per heavy atom. The zero-order valence-corrected chi connectivity index (χ0v) is 12.2. The Bertz CT molecular complexity index is 379. The van der Waals surface area contributed by atoms with E-state index < -0.39 is 7.59 Å². The van der Waals surface area contributed by atoms with Crippen LogP contribution in [0.2, 0.25) is 0 Å². The van der Waals surface area contributed by atoms with Gasteiger partial charge in [-0.1, -0.05) is 81.7 Å². The van der Waals surface area contributed by atoms with Gasteiger partial charge in [0.05, 0.1) is 6.61 Å². The highest BCUT2D eigenvalue weighted by Gasteiger charge is 2.30. The van der Waals surface area contributed by atoms with E-state index in [1.165, 1.54) is 6.07 Å². The zero-order valence-electron chi connectivity index (χ0n) is 7.65. The van der Waals surface area contributed by atoms with Crippen LogP contribution in [-0.2, 0) is 14.2 Å². The summed E-state index contributed by atoms with van der Waals surface area (Å²) in [4.78, 5) is 0. The van der Waals surface area contributed by atoms with Crippen LogP contribution in [0.25, 0.3) is 0 Å². The lowest BCUT2D eigenvalue weighted by molar-refractivity contribution is 0.280. The highest BCUT2D eigenvalue weighted by Crippen LogP contribution is 2.44. The minimum Gasteiger partial charge on any atom is -0.392 e. The first-order valence-corrected chi connectivity index (χ1v) is 6.31. The smallest absolute Gasteiger partial charge is 0.216 e. The van der Waals surface area contributed by atoms with Gasteiger partial charge in [0.1, 0.15) is 0 Å². The second-order valence-corrected chi connectivity index (χ2v) is 7.59. The van der Waals surface area contributed by atoms with Crippen molar-refractivity contribution in [1.82, 2.24) is 0 Å². The van der Waals surface area contributed by atoms with Gasteiger partial charge >= 0.3 is 0 Å². The van der Waals surface area contributed by atoms with Gasteiger partial charge in [0.15, 0.2) is 0 Å². The molecule has 1 N–H and O–H groups in total. The predicted octanol–water partition coefficient (Wildman–Crippen LogP) is 4.83. The molecule has 0 unspecified atom stereocenters. The molecule has 7 heteroatoms. The van der Waals surface area contributed by atoms with Gasteiger partial charge in [0.2, 0.25) is 7.59 Å². The van der Waals surface area contributed by atoms with Gasteiger partial charge in [-0.3, -0.25) is 0 Å². The Kier molecular flexibility index (Phi) is 4.94. The molecule has 0 saturated heterocycles. The summed E-state index contributed by atoms with van der Waals surface area (Å²) in [5.41, 5.74) is 1.14. The summed E-state index contributed by atoms with van der Waals surface area (Å²) < 4.78 is -3.28. The van der Waals surface area contributed by atoms with Crippen LogP contribution in [0.3, 0.4) is 0 Å². The van der Waals surface area contributed by atoms with Crippen LogP contribution in [0, 0.1) is 0 Å². The van der Waals surface area contributed by atoms with Crippen molar-refractivity contribution in [2.45, 2.75) is 14.2 Å². The third kappa shape index (κ3) is 3.71. The molecule has 0 amide bonds. The number of hydrogen-bond acceptors (Lipinski definition) is 1. The lowest BCUT2D eigenvalue weighted by Crippen LogP contribution is -2.09. The maximum absolute atomic E-state index is 9.10. The lowest BCUT2D eigenvalue weighted by Gasteiger charge is -2.19. The van der Waals surface area contributed by atoms with Gasteiger partial charge in [-0.15, -0.1) is 0 Å². The van der Waals surface area contributed by atoms with E-state index in [0.717, 1.165) is 0 Å². The van der Waals surface area contributed by atoms with Crippen molar-refractivity contribution in [1.29, 1.82) is 0 Å². The fraction of sp³-hybridized carbons (Fsp3) is 0.333. The largest absolute Gasteiger partial charge is 0.392 e. The van der Waals surface area contributed by atoms with E-state index in [2.05, 4.69) is 0 Å². The monoisotopic (exact) mass is 340 g/mol. The molecule has 1 aromatic carbocycles. The first kappa shape index (κ1) is 15.0. The summed E-state index contributed by atoms with van der Waals surface area (Å²) in [7, 11) is 0. The minimum absolute atomic E-state index is 0.261. The summed E-state index contributed by atoms with van der Waals surface area (Å²) in [6.45, 7) is -0.261. The summed E-state index contributed by atoms with van der Waals surface area (Å²) >= 11 is 34.4. The van der Waals surface area contributed by atoms with E-state index in [-0.39, 0.29) is 6.61 Å². The number of aliphatic hydroxyl groups excluding tert-OH is 1. The Hall–Kier alpha value is 0.920. The second-order valence-electron chi connectivity index (χ2n) is 3.03. The minimum atomic E-state index is -1.68. The Labute approximate surface area is 123 Å². The molecule has 90 valence electrons. The van der Waals surface area contributed by atoms with Crippen molar-refractivity contribution >= 4 is 69.6 Å². The molecule has 0 bridgehead atoms. The van der Waals surface area contributed by atoms with E-state index in [1.54, 1.807) is 12.1 Å². The molecule has 16 heavy (non-hydrogen) atoms. The van der Waals surface area contributed by atoms with Gasteiger partial charge in [-0.2, -0.15) is 0 Å². The van der Waals surface area contributed by atoms with Crippen LogP contribution in [0.15, 0.2) is 18.2 Å². The summed E-state index contributed by atoms with van der Waals surface area (Å²) in [5, 5.41) is 9.10. The molecule has 0 atom stereocenters. The van der Waals surface area contributed by atoms with Crippen LogP contribution in [-0.4, -0.2) is 5.11 Å². The summed E-state index contributed by atoms with van der Waals surface area (Å²) in [5.74, 6) is 0. The van der Waals surface area contributed by atoms with Crippen molar-refractivity contribution < 1.29 is 5.11 Å². The van der Waals surface area contributed by atoms with Gasteiger partial charge in [0, 0.05) is 11.1 Å². The molecule has 0 aliphatic heterocycles. The van der Waals surface area contributed by atoms with E-state index in [9.17, 15) is 0 Å². The molecule has 0 aliphatic carbocycles. The normalized spacial score (nSPS) is 12.9. The fourth-order valence-electron chi connectivity index (χ4n) is 1.15. The maximum Gasteiger partial charge on any atom is 0.216 e. The number of rotatable bonds is 1. The zero-order chi connectivity index (χ0) is 12.6. The average molecular weight is 343 g/mol. The van der Waals surface area contributed by atoms with Gasteiger partial charge in [0.25, 0.3) is 0 Å². The van der Waals surface area contributed by atoms with Crippen molar-refractivity contribution in [3.8, 4) is 0 Å². The third-order valence-corrected chi connectivity index (χ3v) is 3.18. The molecule has 1 nitrogen and oxygen atoms in total. The highest BCUT2D eigenvalue weighted by molar-refractivity contribution is 6.67. The van der Waals surface area contributed by atoms with E-state index in [4.69, 9.17) is 74.7 Å². The molecular formula is C9H6Cl6O. The molecular weight excluding hydrogens is 337 g/mol. The second kappa shape index (κ2) is 5.27. The van der Waals surface area contributed by atoms with Crippen molar-refractivity contribution in [2.75, 3.05) is 0 Å². The molecule has 0 aliphatic rings. The fourth-order valence-corrected chi connectivity index (χ4v) is 2.03. The molecule has 0 saturated carbocycles. The SMILES string of the molecule is OCc1ccc(C(Cl)(Cl)Cl)cc1C(Cl)(Cl)Cl. The topological polar surface area (TPSA) is 20.2 Å². The van der Waals surface area contributed by atoms with Crippen molar-refractivity contribution in [2.24, 2.45) is 0 Å². The van der Waals surface area contributed by atoms with Crippen LogP contribution in [0.1, 0.15) is 16.7 Å². The molecule has 0 fully saturated rings. The van der Waals surface area contributed by atoms with Crippen LogP contribution >= 0.6 is 69.6 Å². The van der Waals surface area contributed by atoms with Gasteiger partial charge < -0.3 is 5.11 Å². The van der Waals surface area contributed by atoms with Gasteiger partial charge in [-0.25, -0.2) is 0 Å². The number of aliphatic hydroxyl groups is 1. The van der Waals surface area contributed by atoms with Crippen molar-refractivity contribution in [3.63, 3.8) is 0 Å². The highest BCUT2D eigenvalue weighted by atomic mass is 35.6. The number of hydrogen-bond donors (Lipinski definition) is 1. The Morgan fingerprint density at radius 3 is 1.88 bits per heavy atom. The third-order valence-electron chi connectivity index (χ3n) is 1.91. The number of halogens is 6. The molecule has 1 aromatic rings. The van der Waals surface area contributed by atoms with Crippen molar-refractivity contribution in [3.05, 3.63) is 34.9 Å². The van der Waals surface area contributed by atoms with E-state index >= 15 is 0 Å². The summed E-state index contributed by atoms with van der Waals surface area (Å²) in [6.07, 6.45) is 0. The Morgan fingerprint density at radius 1 is 0.938 bits per heavy atom. The van der Waals surface area contributed by atoms with Crippen LogP contribution in [0.5, 0.6) is 0 Å². The summed E-state index contributed by atoms with van der Waals surface area (Å²) in [6, 6.07) is 4.55. The first-order chi connectivity index (χ1) is 7.16. The lowest BCUT2D eigenvalue weighted by atomic mass is 10.1. The van der Waals surface area contributed by atoms with E-state index in [1.807, 2.05) is 0 Å². The molecule has 0 spiro atoms. The first-order valence-electron chi connectivity index (χ1n) is 4.04. The number of alkyl halides is 6. The average Bonchev–Trinajstić information content (AvgIpc) is 2.14. The quantitative estimate of drug-likeness (QED) is 0.724. The molecule has 0 heterocycles. The molecule has 0 aromatic heterocycles. The standard InChI is InChI=1S/C9H6Cl6O/c10-8(11,12)6-2-1-5(4-16)7(3-6)9(13,14)15/h1-3,16H,4H2. The van der Waals surface area contributed by atoms with Crippen LogP contribution < -0.4 is 0 Å². The maximum atomic E-state index is 9.10. The Balaban J connectivity index is 3.34. The van der Waals surface area contributed by atoms with E-state index in [0.29, 0.717) is 16.7 Å². The number of benzene rings is 1.